The summed E-state index contributed by atoms with van der Waals surface area (Å²) in [6.45, 7) is 0. The second-order valence-electron chi connectivity index (χ2n) is 1.66. The van der Waals surface area contributed by atoms with Crippen molar-refractivity contribution >= 4 is 0 Å². The van der Waals surface area contributed by atoms with Crippen LogP contribution < -0.4 is 0 Å². The highest BCUT2D eigenvalue weighted by molar-refractivity contribution is 5.14. The Hall–Kier alpha value is -0.320. The Morgan fingerprint density at radius 2 is 1.38 bits per heavy atom. The molecular formula is C3H2F4O. The molecule has 0 radical (unpaired) electrons. The normalized spacial score (nSPS) is 51.4. The zero-order chi connectivity index (χ0) is 6.58. The maximum Gasteiger partial charge on any atom is 0.345 e. The van der Waals surface area contributed by atoms with Gasteiger partial charge in [0.1, 0.15) is 0 Å². The monoisotopic (exact) mass is 130 g/mol. The highest BCUT2D eigenvalue weighted by Gasteiger charge is 2.85. The maximum absolute atomic E-state index is 11.4. The molecule has 1 fully saturated rings. The largest absolute Gasteiger partial charge is 0.355 e. The minimum atomic E-state index is -4.17. The first-order valence-corrected chi connectivity index (χ1v) is 1.84. The summed E-state index contributed by atoms with van der Waals surface area (Å²) in [5.74, 6) is -8.07. The molecule has 0 aliphatic heterocycles. The summed E-state index contributed by atoms with van der Waals surface area (Å²) < 4.78 is 45.3. The highest BCUT2D eigenvalue weighted by atomic mass is 19.3. The van der Waals surface area contributed by atoms with E-state index in [1.165, 1.54) is 0 Å². The maximum atomic E-state index is 11.4. The van der Waals surface area contributed by atoms with Crippen molar-refractivity contribution in [1.82, 2.24) is 0 Å². The van der Waals surface area contributed by atoms with Gasteiger partial charge in [-0.25, -0.2) is 8.78 Å². The fourth-order valence-electron chi connectivity index (χ4n) is 0.322. The third kappa shape index (κ3) is 0.357. The first-order valence-electron chi connectivity index (χ1n) is 1.84. The second-order valence-corrected chi connectivity index (χ2v) is 1.66. The van der Waals surface area contributed by atoms with Gasteiger partial charge in [-0.15, -0.1) is 0 Å². The molecule has 2 atom stereocenters. The van der Waals surface area contributed by atoms with E-state index in [0.717, 1.165) is 0 Å². The second kappa shape index (κ2) is 1.00. The van der Waals surface area contributed by atoms with E-state index in [2.05, 4.69) is 0 Å². The van der Waals surface area contributed by atoms with Crippen LogP contribution in [-0.4, -0.2) is 23.1 Å². The molecule has 5 heteroatoms. The van der Waals surface area contributed by atoms with Crippen LogP contribution in [0, 0.1) is 0 Å². The zero-order valence-electron chi connectivity index (χ0n) is 3.54. The summed E-state index contributed by atoms with van der Waals surface area (Å²) >= 11 is 0. The summed E-state index contributed by atoms with van der Waals surface area (Å²) in [5.41, 5.74) is 0. The average Bonchev–Trinajstić information content (AvgIpc) is 1.88. The lowest BCUT2D eigenvalue weighted by atomic mass is 10.7. The molecule has 0 saturated heterocycles. The lowest BCUT2D eigenvalue weighted by Crippen LogP contribution is -2.09. The number of aliphatic hydroxyl groups is 1. The van der Waals surface area contributed by atoms with Crippen LogP contribution in [0.2, 0.25) is 0 Å². The Bertz CT molecular complexity index is 106. The van der Waals surface area contributed by atoms with Gasteiger partial charge in [-0.1, -0.05) is 0 Å². The topological polar surface area (TPSA) is 20.2 Å². The van der Waals surface area contributed by atoms with Gasteiger partial charge < -0.3 is 5.11 Å². The molecule has 1 aliphatic carbocycles. The van der Waals surface area contributed by atoms with Crippen LogP contribution in [0.4, 0.5) is 17.6 Å². The van der Waals surface area contributed by atoms with Crippen LogP contribution in [0.5, 0.6) is 0 Å². The van der Waals surface area contributed by atoms with Crippen LogP contribution >= 0.6 is 0 Å². The lowest BCUT2D eigenvalue weighted by Gasteiger charge is -1.89. The predicted molar refractivity (Wildman–Crippen MR) is 15.9 cm³/mol. The van der Waals surface area contributed by atoms with E-state index < -0.39 is 17.9 Å². The van der Waals surface area contributed by atoms with Gasteiger partial charge in [0.25, 0.3) is 0 Å². The van der Waals surface area contributed by atoms with Crippen molar-refractivity contribution < 1.29 is 22.7 Å². The van der Waals surface area contributed by atoms with E-state index in [9.17, 15) is 17.6 Å². The molecule has 1 aliphatic rings. The van der Waals surface area contributed by atoms with E-state index in [-0.39, 0.29) is 0 Å². The highest BCUT2D eigenvalue weighted by Crippen LogP contribution is 2.55. The zero-order valence-corrected chi connectivity index (χ0v) is 3.54. The first kappa shape index (κ1) is 5.81. The smallest absolute Gasteiger partial charge is 0.345 e. The van der Waals surface area contributed by atoms with E-state index in [4.69, 9.17) is 5.11 Å². The number of rotatable bonds is 0. The van der Waals surface area contributed by atoms with Crippen molar-refractivity contribution in [2.24, 2.45) is 0 Å². The molecule has 0 aromatic rings. The number of alkyl halides is 4. The molecular weight excluding hydrogens is 128 g/mol. The van der Waals surface area contributed by atoms with Crippen molar-refractivity contribution in [2.45, 2.75) is 17.9 Å². The predicted octanol–water partition coefficient (Wildman–Crippen LogP) is 0.631. The van der Waals surface area contributed by atoms with Crippen molar-refractivity contribution in [1.29, 1.82) is 0 Å². The van der Waals surface area contributed by atoms with Gasteiger partial charge in [-0.05, 0) is 0 Å². The van der Waals surface area contributed by atoms with Gasteiger partial charge in [0, 0.05) is 0 Å². The van der Waals surface area contributed by atoms with Crippen molar-refractivity contribution in [3.05, 3.63) is 0 Å². The van der Waals surface area contributed by atoms with E-state index >= 15 is 0 Å². The summed E-state index contributed by atoms with van der Waals surface area (Å²) in [7, 11) is 0. The third-order valence-corrected chi connectivity index (χ3v) is 1.04. The Labute approximate surface area is 41.9 Å². The Morgan fingerprint density at radius 3 is 1.38 bits per heavy atom. The summed E-state index contributed by atoms with van der Waals surface area (Å²) in [4.78, 5) is 0. The van der Waals surface area contributed by atoms with Crippen LogP contribution in [-0.2, 0) is 0 Å². The molecule has 48 valence electrons. The Balaban J connectivity index is 2.72. The fraction of sp³-hybridized carbons (Fsp3) is 1.00. The minimum absolute atomic E-state index is 3.03. The first-order chi connectivity index (χ1) is 3.40. The number of hydrogen-bond donors (Lipinski definition) is 1. The van der Waals surface area contributed by atoms with Crippen LogP contribution in [0.3, 0.4) is 0 Å². The summed E-state index contributed by atoms with van der Waals surface area (Å²) in [6.07, 6.45) is -3.03. The quantitative estimate of drug-likeness (QED) is 0.477. The van der Waals surface area contributed by atoms with Gasteiger partial charge in [-0.2, -0.15) is 8.78 Å². The molecule has 0 bridgehead atoms. The van der Waals surface area contributed by atoms with E-state index in [0.29, 0.717) is 0 Å². The molecule has 1 rings (SSSR count). The molecule has 1 saturated carbocycles. The Morgan fingerprint density at radius 1 is 1.25 bits per heavy atom. The average molecular weight is 130 g/mol. The lowest BCUT2D eigenvalue weighted by molar-refractivity contribution is -0.0874. The Kier molecular flexibility index (Phi) is 0.726. The summed E-state index contributed by atoms with van der Waals surface area (Å²) in [5, 5.41) is 7.64. The summed E-state index contributed by atoms with van der Waals surface area (Å²) in [6, 6.07) is 0. The number of halogens is 4. The molecule has 0 aromatic heterocycles. The van der Waals surface area contributed by atoms with Crippen molar-refractivity contribution in [3.63, 3.8) is 0 Å². The molecule has 2 unspecified atom stereocenters. The van der Waals surface area contributed by atoms with Crippen molar-refractivity contribution in [3.8, 4) is 0 Å². The number of hydrogen-bond acceptors (Lipinski definition) is 1. The fourth-order valence-corrected chi connectivity index (χ4v) is 0.322. The van der Waals surface area contributed by atoms with Crippen LogP contribution in [0.1, 0.15) is 0 Å². The minimum Gasteiger partial charge on any atom is -0.355 e. The third-order valence-electron chi connectivity index (χ3n) is 1.04. The molecule has 8 heavy (non-hydrogen) atoms. The van der Waals surface area contributed by atoms with E-state index in [1.807, 2.05) is 0 Å². The molecule has 1 nitrogen and oxygen atoms in total. The van der Waals surface area contributed by atoms with Gasteiger partial charge in [0.2, 0.25) is 6.17 Å². The SMILES string of the molecule is OC1(F)C(F)C1(F)F. The molecule has 1 N–H and O–H groups in total. The van der Waals surface area contributed by atoms with Gasteiger partial charge in [-0.3, -0.25) is 0 Å². The van der Waals surface area contributed by atoms with Gasteiger partial charge >= 0.3 is 11.8 Å². The standard InChI is InChI=1S/C3H2F4O/c4-1-2(5,6)3(1,7)8/h1,8H. The van der Waals surface area contributed by atoms with E-state index in [1.54, 1.807) is 0 Å². The molecule has 0 spiro atoms. The van der Waals surface area contributed by atoms with Crippen molar-refractivity contribution in [2.75, 3.05) is 0 Å². The van der Waals surface area contributed by atoms with Crippen LogP contribution in [0.25, 0.3) is 0 Å². The van der Waals surface area contributed by atoms with Gasteiger partial charge in [0.05, 0.1) is 0 Å². The van der Waals surface area contributed by atoms with Gasteiger partial charge in [0.15, 0.2) is 0 Å². The molecule has 0 aromatic carbocycles. The molecule has 0 amide bonds. The van der Waals surface area contributed by atoms with Crippen LogP contribution in [0.15, 0.2) is 0 Å². The molecule has 0 heterocycles.